The number of alkyl halides is 3. The Kier molecular flexibility index (Phi) is 8.55. The maximum Gasteiger partial charge on any atom is 0.401 e. The molecule has 0 aromatic rings. The largest absolute Gasteiger partial charge is 0.401 e. The van der Waals surface area contributed by atoms with E-state index in [9.17, 15) is 13.2 Å². The Morgan fingerprint density at radius 3 is 2.35 bits per heavy atom. The van der Waals surface area contributed by atoms with Gasteiger partial charge in [0.15, 0.2) is 0 Å². The SMILES string of the molecule is CCCNC(CCO)CN(CC)CC(F)(F)F. The molecule has 0 aliphatic rings. The molecule has 0 saturated carbocycles. The van der Waals surface area contributed by atoms with E-state index in [-0.39, 0.29) is 12.6 Å². The van der Waals surface area contributed by atoms with E-state index in [0.29, 0.717) is 19.5 Å². The van der Waals surface area contributed by atoms with Crippen molar-refractivity contribution in [2.75, 3.05) is 32.8 Å². The third-order valence-electron chi connectivity index (χ3n) is 2.49. The van der Waals surface area contributed by atoms with E-state index < -0.39 is 12.7 Å². The summed E-state index contributed by atoms with van der Waals surface area (Å²) in [6, 6.07) is -0.0813. The molecule has 0 amide bonds. The van der Waals surface area contributed by atoms with Crippen LogP contribution in [0.15, 0.2) is 0 Å². The van der Waals surface area contributed by atoms with Crippen molar-refractivity contribution in [1.29, 1.82) is 0 Å². The first-order valence-electron chi connectivity index (χ1n) is 6.06. The Balaban J connectivity index is 4.17. The van der Waals surface area contributed by atoms with Crippen LogP contribution in [0, 0.1) is 0 Å². The Hall–Kier alpha value is -0.330. The molecule has 0 fully saturated rings. The van der Waals surface area contributed by atoms with Gasteiger partial charge in [0.25, 0.3) is 0 Å². The monoisotopic (exact) mass is 256 g/mol. The van der Waals surface area contributed by atoms with Crippen LogP contribution >= 0.6 is 0 Å². The second-order valence-electron chi connectivity index (χ2n) is 4.11. The number of nitrogens with one attached hydrogen (secondary N) is 1. The van der Waals surface area contributed by atoms with Crippen molar-refractivity contribution in [3.63, 3.8) is 0 Å². The maximum atomic E-state index is 12.3. The molecule has 0 bridgehead atoms. The normalized spacial score (nSPS) is 14.3. The summed E-state index contributed by atoms with van der Waals surface area (Å²) >= 11 is 0. The van der Waals surface area contributed by atoms with Crippen molar-refractivity contribution in [3.8, 4) is 0 Å². The molecular formula is C11H23F3N2O. The second-order valence-corrected chi connectivity index (χ2v) is 4.11. The quantitative estimate of drug-likeness (QED) is 0.658. The molecule has 3 nitrogen and oxygen atoms in total. The summed E-state index contributed by atoms with van der Waals surface area (Å²) in [6.45, 7) is 4.24. The van der Waals surface area contributed by atoms with Gasteiger partial charge in [0.2, 0.25) is 0 Å². The highest BCUT2D eigenvalue weighted by atomic mass is 19.4. The molecular weight excluding hydrogens is 233 g/mol. The molecule has 6 heteroatoms. The van der Waals surface area contributed by atoms with Crippen molar-refractivity contribution < 1.29 is 18.3 Å². The number of likely N-dealkylation sites (N-methyl/N-ethyl adjacent to an activating group) is 1. The predicted octanol–water partition coefficient (Wildman–Crippen LogP) is 1.62. The molecule has 0 aromatic carbocycles. The first kappa shape index (κ1) is 16.7. The first-order chi connectivity index (χ1) is 7.92. The van der Waals surface area contributed by atoms with Gasteiger partial charge in [-0.2, -0.15) is 13.2 Å². The molecule has 0 spiro atoms. The van der Waals surface area contributed by atoms with Crippen LogP contribution in [0.5, 0.6) is 0 Å². The molecule has 0 aliphatic carbocycles. The van der Waals surface area contributed by atoms with Crippen molar-refractivity contribution in [2.45, 2.75) is 38.9 Å². The van der Waals surface area contributed by atoms with Crippen LogP contribution in [0.1, 0.15) is 26.7 Å². The molecule has 0 aliphatic heterocycles. The lowest BCUT2D eigenvalue weighted by atomic mass is 10.2. The van der Waals surface area contributed by atoms with Gasteiger partial charge in [0.05, 0.1) is 6.54 Å². The zero-order valence-electron chi connectivity index (χ0n) is 10.6. The van der Waals surface area contributed by atoms with Crippen LogP contribution in [0.3, 0.4) is 0 Å². The minimum absolute atomic E-state index is 0.00898. The number of rotatable bonds is 9. The lowest BCUT2D eigenvalue weighted by Crippen LogP contribution is -2.45. The highest BCUT2D eigenvalue weighted by molar-refractivity contribution is 4.73. The third kappa shape index (κ3) is 9.38. The van der Waals surface area contributed by atoms with Crippen molar-refractivity contribution >= 4 is 0 Å². The van der Waals surface area contributed by atoms with Crippen molar-refractivity contribution in [2.24, 2.45) is 0 Å². The van der Waals surface area contributed by atoms with Crippen molar-refractivity contribution in [3.05, 3.63) is 0 Å². The molecule has 2 N–H and O–H groups in total. The van der Waals surface area contributed by atoms with E-state index >= 15 is 0 Å². The van der Waals surface area contributed by atoms with E-state index in [1.54, 1.807) is 6.92 Å². The smallest absolute Gasteiger partial charge is 0.396 e. The number of aliphatic hydroxyl groups is 1. The van der Waals surface area contributed by atoms with Gasteiger partial charge in [-0.15, -0.1) is 0 Å². The maximum absolute atomic E-state index is 12.3. The van der Waals surface area contributed by atoms with Crippen LogP contribution < -0.4 is 5.32 Å². The third-order valence-corrected chi connectivity index (χ3v) is 2.49. The molecule has 0 aromatic heterocycles. The number of hydrogen-bond donors (Lipinski definition) is 2. The lowest BCUT2D eigenvalue weighted by Gasteiger charge is -2.27. The van der Waals surface area contributed by atoms with Gasteiger partial charge < -0.3 is 10.4 Å². The molecule has 0 saturated heterocycles. The molecule has 0 rings (SSSR count). The van der Waals surface area contributed by atoms with E-state index in [0.717, 1.165) is 13.0 Å². The van der Waals surface area contributed by atoms with Crippen LogP contribution in [-0.4, -0.2) is 55.0 Å². The first-order valence-corrected chi connectivity index (χ1v) is 6.06. The average molecular weight is 256 g/mol. The summed E-state index contributed by atoms with van der Waals surface area (Å²) in [6.07, 6.45) is -2.76. The van der Waals surface area contributed by atoms with Crippen molar-refractivity contribution in [1.82, 2.24) is 10.2 Å². The molecule has 17 heavy (non-hydrogen) atoms. The lowest BCUT2D eigenvalue weighted by molar-refractivity contribution is -0.146. The van der Waals surface area contributed by atoms with Crippen LogP contribution in [0.2, 0.25) is 0 Å². The van der Waals surface area contributed by atoms with E-state index in [2.05, 4.69) is 5.32 Å². The second kappa shape index (κ2) is 8.72. The molecule has 1 unspecified atom stereocenters. The van der Waals surface area contributed by atoms with Gasteiger partial charge in [-0.25, -0.2) is 0 Å². The highest BCUT2D eigenvalue weighted by Gasteiger charge is 2.30. The van der Waals surface area contributed by atoms with Gasteiger partial charge in [-0.1, -0.05) is 13.8 Å². The van der Waals surface area contributed by atoms with E-state index in [1.807, 2.05) is 6.92 Å². The van der Waals surface area contributed by atoms with Gasteiger partial charge in [0.1, 0.15) is 0 Å². The topological polar surface area (TPSA) is 35.5 Å². The summed E-state index contributed by atoms with van der Waals surface area (Å²) < 4.78 is 36.8. The van der Waals surface area contributed by atoms with E-state index in [4.69, 9.17) is 5.11 Å². The number of halogens is 3. The molecule has 0 radical (unpaired) electrons. The van der Waals surface area contributed by atoms with Crippen LogP contribution in [-0.2, 0) is 0 Å². The summed E-state index contributed by atoms with van der Waals surface area (Å²) in [5.41, 5.74) is 0. The number of aliphatic hydroxyl groups excluding tert-OH is 1. The van der Waals surface area contributed by atoms with Crippen LogP contribution in [0.4, 0.5) is 13.2 Å². The highest BCUT2D eigenvalue weighted by Crippen LogP contribution is 2.16. The zero-order valence-corrected chi connectivity index (χ0v) is 10.6. The van der Waals surface area contributed by atoms with Gasteiger partial charge in [0, 0.05) is 19.2 Å². The zero-order chi connectivity index (χ0) is 13.3. The summed E-state index contributed by atoms with van der Waals surface area (Å²) in [5, 5.41) is 12.0. The Bertz CT molecular complexity index is 188. The molecule has 1 atom stereocenters. The van der Waals surface area contributed by atoms with Crippen LogP contribution in [0.25, 0.3) is 0 Å². The fourth-order valence-electron chi connectivity index (χ4n) is 1.63. The standard InChI is InChI=1S/C11H23F3N2O/c1-3-6-15-10(5-7-17)8-16(4-2)9-11(12,13)14/h10,15,17H,3-9H2,1-2H3. The number of hydrogen-bond acceptors (Lipinski definition) is 3. The van der Waals surface area contributed by atoms with Gasteiger partial charge >= 0.3 is 6.18 Å². The fraction of sp³-hybridized carbons (Fsp3) is 1.00. The molecule has 0 heterocycles. The minimum atomic E-state index is -4.16. The van der Waals surface area contributed by atoms with Gasteiger partial charge in [-0.05, 0) is 25.9 Å². The Labute approximate surface area is 101 Å². The summed E-state index contributed by atoms with van der Waals surface area (Å²) in [7, 11) is 0. The Morgan fingerprint density at radius 1 is 1.29 bits per heavy atom. The fourth-order valence-corrected chi connectivity index (χ4v) is 1.63. The van der Waals surface area contributed by atoms with Gasteiger partial charge in [-0.3, -0.25) is 4.90 Å². The minimum Gasteiger partial charge on any atom is -0.396 e. The summed E-state index contributed by atoms with van der Waals surface area (Å²) in [5.74, 6) is 0. The Morgan fingerprint density at radius 2 is 1.94 bits per heavy atom. The number of nitrogens with zero attached hydrogens (tertiary/aromatic N) is 1. The van der Waals surface area contributed by atoms with E-state index in [1.165, 1.54) is 4.90 Å². The molecule has 104 valence electrons. The predicted molar refractivity (Wildman–Crippen MR) is 62.0 cm³/mol. The summed E-state index contributed by atoms with van der Waals surface area (Å²) in [4.78, 5) is 1.35. The average Bonchev–Trinajstić information content (AvgIpc) is 2.23.